The van der Waals surface area contributed by atoms with Gasteiger partial charge in [-0.05, 0) is 37.8 Å². The highest BCUT2D eigenvalue weighted by molar-refractivity contribution is 5.90. The number of benzene rings is 1. The van der Waals surface area contributed by atoms with Gasteiger partial charge >= 0.3 is 6.09 Å². The van der Waals surface area contributed by atoms with Crippen molar-refractivity contribution in [1.82, 2.24) is 14.7 Å². The summed E-state index contributed by atoms with van der Waals surface area (Å²) in [7, 11) is 0. The Kier molecular flexibility index (Phi) is 9.30. The fourth-order valence-corrected chi connectivity index (χ4v) is 4.45. The van der Waals surface area contributed by atoms with Gasteiger partial charge in [-0.2, -0.15) is 0 Å². The number of hydrogen-bond acceptors (Lipinski definition) is 5. The van der Waals surface area contributed by atoms with Crippen molar-refractivity contribution in [3.63, 3.8) is 0 Å². The quantitative estimate of drug-likeness (QED) is 0.431. The van der Waals surface area contributed by atoms with Gasteiger partial charge in [-0.25, -0.2) is 4.79 Å². The van der Waals surface area contributed by atoms with E-state index in [0.717, 1.165) is 31.2 Å². The molecule has 3 rings (SSSR count). The van der Waals surface area contributed by atoms with E-state index in [0.29, 0.717) is 26.1 Å². The van der Waals surface area contributed by atoms with E-state index in [1.54, 1.807) is 14.7 Å². The van der Waals surface area contributed by atoms with Crippen molar-refractivity contribution < 1.29 is 19.1 Å². The topological polar surface area (TPSA) is 96.2 Å². The lowest BCUT2D eigenvalue weighted by Gasteiger charge is -2.51. The molecule has 2 aliphatic heterocycles. The lowest BCUT2D eigenvalue weighted by Crippen LogP contribution is -2.71. The maximum Gasteiger partial charge on any atom is 0.411 e. The van der Waals surface area contributed by atoms with Crippen LogP contribution in [0.25, 0.3) is 0 Å². The van der Waals surface area contributed by atoms with Crippen LogP contribution in [0.5, 0.6) is 0 Å². The molecule has 3 amide bonds. The summed E-state index contributed by atoms with van der Waals surface area (Å²) in [6.07, 6.45) is 7.09. The highest BCUT2D eigenvalue weighted by Crippen LogP contribution is 2.29. The third kappa shape index (κ3) is 6.35. The second kappa shape index (κ2) is 12.4. The highest BCUT2D eigenvalue weighted by Gasteiger charge is 2.48. The first-order valence-electron chi connectivity index (χ1n) is 12.0. The number of amides is 3. The summed E-state index contributed by atoms with van der Waals surface area (Å²) in [5.74, 6) is -0.157. The molecular formula is C25H36N4O4. The molecule has 0 bridgehead atoms. The number of carbonyl (C=O) groups excluding carboxylic acids is 3. The van der Waals surface area contributed by atoms with Crippen LogP contribution < -0.4 is 5.73 Å². The van der Waals surface area contributed by atoms with Crippen LogP contribution in [-0.4, -0.2) is 71.1 Å². The molecule has 0 unspecified atom stereocenters. The van der Waals surface area contributed by atoms with Gasteiger partial charge in [-0.3, -0.25) is 14.5 Å². The molecule has 2 atom stereocenters. The minimum atomic E-state index is -0.591. The normalized spacial score (nSPS) is 21.0. The van der Waals surface area contributed by atoms with Crippen molar-refractivity contribution in [2.75, 3.05) is 26.2 Å². The number of rotatable bonds is 10. The van der Waals surface area contributed by atoms with Crippen LogP contribution in [0.2, 0.25) is 0 Å². The average Bonchev–Trinajstić information content (AvgIpc) is 2.82. The van der Waals surface area contributed by atoms with Gasteiger partial charge in [-0.1, -0.05) is 55.8 Å². The summed E-state index contributed by atoms with van der Waals surface area (Å²) >= 11 is 0. The smallest absolute Gasteiger partial charge is 0.411 e. The maximum atomic E-state index is 13.4. The van der Waals surface area contributed by atoms with Gasteiger partial charge < -0.3 is 20.3 Å². The molecule has 0 radical (unpaired) electrons. The summed E-state index contributed by atoms with van der Waals surface area (Å²) in [6, 6.07) is 9.17. The second-order valence-corrected chi connectivity index (χ2v) is 8.57. The Labute approximate surface area is 196 Å². The fourth-order valence-electron chi connectivity index (χ4n) is 4.45. The molecule has 33 heavy (non-hydrogen) atoms. The molecule has 2 aliphatic rings. The zero-order chi connectivity index (χ0) is 23.6. The molecule has 2 fully saturated rings. The molecule has 8 heteroatoms. The van der Waals surface area contributed by atoms with Crippen molar-refractivity contribution >= 4 is 17.9 Å². The monoisotopic (exact) mass is 456 g/mol. The van der Waals surface area contributed by atoms with Gasteiger partial charge in [0.2, 0.25) is 11.8 Å². The standard InChI is InChI=1S/C25H36N4O4/c1-2-3-4-10-17-33-25(32)28-16-14-23(30)29-21(13-8-9-15-26)24(31)27(19-22(28)29)18-20-11-6-5-7-12-20/h4-7,10-12,21-22H,2-3,8-9,13-19,26H2,1H3/b10-4+/t21-,22+/m0/s1. The molecule has 2 heterocycles. The van der Waals surface area contributed by atoms with E-state index in [-0.39, 0.29) is 31.4 Å². The Morgan fingerprint density at radius 3 is 2.70 bits per heavy atom. The van der Waals surface area contributed by atoms with Gasteiger partial charge in [0.05, 0.1) is 6.54 Å². The zero-order valence-electron chi connectivity index (χ0n) is 19.5. The van der Waals surface area contributed by atoms with Crippen LogP contribution in [0.3, 0.4) is 0 Å². The number of ether oxygens (including phenoxy) is 1. The second-order valence-electron chi connectivity index (χ2n) is 8.57. The van der Waals surface area contributed by atoms with Crippen molar-refractivity contribution in [2.24, 2.45) is 5.73 Å². The summed E-state index contributed by atoms with van der Waals surface area (Å²) in [4.78, 5) is 44.3. The van der Waals surface area contributed by atoms with E-state index >= 15 is 0 Å². The molecule has 0 saturated carbocycles. The maximum absolute atomic E-state index is 13.4. The lowest BCUT2D eigenvalue weighted by molar-refractivity contribution is -0.168. The van der Waals surface area contributed by atoms with Crippen LogP contribution in [0.1, 0.15) is 51.0 Å². The number of allylic oxidation sites excluding steroid dienone is 1. The van der Waals surface area contributed by atoms with Gasteiger partial charge in [-0.15, -0.1) is 0 Å². The number of nitrogens with zero attached hydrogens (tertiary/aromatic N) is 3. The third-order valence-corrected chi connectivity index (χ3v) is 6.16. The highest BCUT2D eigenvalue weighted by atomic mass is 16.6. The number of nitrogens with two attached hydrogens (primary N) is 1. The minimum absolute atomic E-state index is 0.0711. The van der Waals surface area contributed by atoms with E-state index < -0.39 is 18.3 Å². The first kappa shape index (κ1) is 24.8. The van der Waals surface area contributed by atoms with Crippen molar-refractivity contribution in [3.05, 3.63) is 48.0 Å². The van der Waals surface area contributed by atoms with Crippen LogP contribution in [0.4, 0.5) is 4.79 Å². The molecule has 1 aromatic carbocycles. The molecular weight excluding hydrogens is 420 g/mol. The molecule has 2 N–H and O–H groups in total. The molecule has 2 saturated heterocycles. The number of fused-ring (bicyclic) bond motifs is 1. The zero-order valence-corrected chi connectivity index (χ0v) is 19.5. The van der Waals surface area contributed by atoms with E-state index in [1.165, 1.54) is 0 Å². The Bertz CT molecular complexity index is 829. The van der Waals surface area contributed by atoms with E-state index in [9.17, 15) is 14.4 Å². The van der Waals surface area contributed by atoms with E-state index in [4.69, 9.17) is 10.5 Å². The van der Waals surface area contributed by atoms with Crippen molar-refractivity contribution in [2.45, 2.75) is 64.2 Å². The van der Waals surface area contributed by atoms with Gasteiger partial charge in [0, 0.05) is 19.5 Å². The molecule has 0 aromatic heterocycles. The van der Waals surface area contributed by atoms with Crippen LogP contribution >= 0.6 is 0 Å². The Balaban J connectivity index is 1.79. The number of carbonyl (C=O) groups is 3. The first-order valence-corrected chi connectivity index (χ1v) is 12.0. The summed E-state index contributed by atoms with van der Waals surface area (Å²) in [5, 5.41) is 0. The number of hydrogen-bond donors (Lipinski definition) is 1. The minimum Gasteiger partial charge on any atom is -0.445 e. The summed E-state index contributed by atoms with van der Waals surface area (Å²) < 4.78 is 5.47. The largest absolute Gasteiger partial charge is 0.445 e. The molecule has 180 valence electrons. The molecule has 0 spiro atoms. The van der Waals surface area contributed by atoms with Crippen LogP contribution in [0, 0.1) is 0 Å². The van der Waals surface area contributed by atoms with Crippen LogP contribution in [-0.2, 0) is 20.9 Å². The Hall–Kier alpha value is -2.87. The first-order chi connectivity index (χ1) is 16.1. The van der Waals surface area contributed by atoms with Crippen LogP contribution in [0.15, 0.2) is 42.5 Å². The molecule has 8 nitrogen and oxygen atoms in total. The number of unbranched alkanes of at least 4 members (excludes halogenated alkanes) is 2. The predicted octanol–water partition coefficient (Wildman–Crippen LogP) is 2.88. The summed E-state index contributed by atoms with van der Waals surface area (Å²) in [5.41, 5.74) is 6.67. The SMILES string of the molecule is CCC/C=C/COC(=O)N1CCC(=O)N2[C@@H]1CN(Cc1ccccc1)C(=O)[C@@H]2CCCCN. The molecule has 1 aromatic rings. The molecule has 0 aliphatic carbocycles. The van der Waals surface area contributed by atoms with Crippen molar-refractivity contribution in [3.8, 4) is 0 Å². The lowest BCUT2D eigenvalue weighted by atomic mass is 9.98. The average molecular weight is 457 g/mol. The van der Waals surface area contributed by atoms with E-state index in [2.05, 4.69) is 6.92 Å². The third-order valence-electron chi connectivity index (χ3n) is 6.16. The Morgan fingerprint density at radius 1 is 1.18 bits per heavy atom. The van der Waals surface area contributed by atoms with Gasteiger partial charge in [0.25, 0.3) is 0 Å². The Morgan fingerprint density at radius 2 is 1.97 bits per heavy atom. The fraction of sp³-hybridized carbons (Fsp3) is 0.560. The number of piperazine rings is 1. The van der Waals surface area contributed by atoms with Gasteiger partial charge in [0.15, 0.2) is 0 Å². The predicted molar refractivity (Wildman–Crippen MR) is 126 cm³/mol. The summed E-state index contributed by atoms with van der Waals surface area (Å²) in [6.45, 7) is 3.83. The van der Waals surface area contributed by atoms with Gasteiger partial charge in [0.1, 0.15) is 18.8 Å². The van der Waals surface area contributed by atoms with Crippen molar-refractivity contribution in [1.29, 1.82) is 0 Å². The van der Waals surface area contributed by atoms with E-state index in [1.807, 2.05) is 42.5 Å².